The van der Waals surface area contributed by atoms with E-state index < -0.39 is 6.17 Å². The lowest BCUT2D eigenvalue weighted by Gasteiger charge is -2.22. The molecule has 1 aromatic carbocycles. The number of ether oxygens (including phenoxy) is 2. The van der Waals surface area contributed by atoms with Gasteiger partial charge in [-0.25, -0.2) is 4.39 Å². The van der Waals surface area contributed by atoms with Gasteiger partial charge in [0.05, 0.1) is 5.69 Å². The van der Waals surface area contributed by atoms with E-state index >= 15 is 0 Å². The highest BCUT2D eigenvalue weighted by Crippen LogP contribution is 2.42. The SMILES string of the molecule is CC(F)c1cc2c(c(-c3cc(N)n(C)n3)c1)OCCO2. The van der Waals surface area contributed by atoms with Crippen molar-refractivity contribution in [3.8, 4) is 22.8 Å². The van der Waals surface area contributed by atoms with Gasteiger partial charge in [0.2, 0.25) is 0 Å². The van der Waals surface area contributed by atoms with Gasteiger partial charge in [-0.2, -0.15) is 5.10 Å². The zero-order valence-corrected chi connectivity index (χ0v) is 11.4. The number of benzene rings is 1. The van der Waals surface area contributed by atoms with Crippen LogP contribution in [0.25, 0.3) is 11.3 Å². The summed E-state index contributed by atoms with van der Waals surface area (Å²) in [7, 11) is 1.75. The molecule has 0 bridgehead atoms. The summed E-state index contributed by atoms with van der Waals surface area (Å²) in [5.41, 5.74) is 7.69. The standard InChI is InChI=1S/C14H16FN3O2/c1-8(15)9-5-10(11-7-13(16)18(2)17-11)14-12(6-9)19-3-4-20-14/h5-8H,3-4,16H2,1-2H3. The van der Waals surface area contributed by atoms with Crippen molar-refractivity contribution >= 4 is 5.82 Å². The quantitative estimate of drug-likeness (QED) is 0.916. The minimum atomic E-state index is -1.09. The van der Waals surface area contributed by atoms with Crippen LogP contribution in [0.4, 0.5) is 10.2 Å². The summed E-state index contributed by atoms with van der Waals surface area (Å²) in [6.45, 7) is 2.41. The van der Waals surface area contributed by atoms with Crippen LogP contribution in [0, 0.1) is 0 Å². The first-order valence-corrected chi connectivity index (χ1v) is 6.43. The van der Waals surface area contributed by atoms with Gasteiger partial charge in [-0.15, -0.1) is 0 Å². The molecule has 2 aromatic rings. The normalized spacial score (nSPS) is 15.2. The molecule has 1 aromatic heterocycles. The van der Waals surface area contributed by atoms with Crippen LogP contribution in [0.5, 0.6) is 11.5 Å². The average molecular weight is 277 g/mol. The van der Waals surface area contributed by atoms with Gasteiger partial charge in [0.1, 0.15) is 25.2 Å². The Hall–Kier alpha value is -2.24. The number of nitrogens with two attached hydrogens (primary N) is 1. The van der Waals surface area contributed by atoms with Crippen LogP contribution in [-0.2, 0) is 7.05 Å². The molecule has 106 valence electrons. The number of aryl methyl sites for hydroxylation is 1. The number of hydrogen-bond acceptors (Lipinski definition) is 4. The Morgan fingerprint density at radius 1 is 1.30 bits per heavy atom. The third-order valence-corrected chi connectivity index (χ3v) is 3.32. The van der Waals surface area contributed by atoms with E-state index in [0.717, 1.165) is 0 Å². The lowest BCUT2D eigenvalue weighted by Crippen LogP contribution is -2.16. The van der Waals surface area contributed by atoms with E-state index in [-0.39, 0.29) is 0 Å². The van der Waals surface area contributed by atoms with E-state index in [0.29, 0.717) is 47.4 Å². The molecule has 0 amide bonds. The van der Waals surface area contributed by atoms with Crippen LogP contribution in [0.2, 0.25) is 0 Å². The summed E-state index contributed by atoms with van der Waals surface area (Å²) < 4.78 is 26.4. The first kappa shape index (κ1) is 12.8. The van der Waals surface area contributed by atoms with E-state index in [1.54, 1.807) is 29.9 Å². The summed E-state index contributed by atoms with van der Waals surface area (Å²) in [6, 6.07) is 5.15. The molecule has 1 aliphatic rings. The first-order chi connectivity index (χ1) is 9.56. The smallest absolute Gasteiger partial charge is 0.170 e. The topological polar surface area (TPSA) is 62.3 Å². The highest BCUT2D eigenvalue weighted by molar-refractivity contribution is 5.74. The summed E-state index contributed by atoms with van der Waals surface area (Å²) in [5.74, 6) is 1.68. The van der Waals surface area contributed by atoms with E-state index in [1.165, 1.54) is 6.92 Å². The number of rotatable bonds is 2. The monoisotopic (exact) mass is 277 g/mol. The van der Waals surface area contributed by atoms with Crippen LogP contribution in [-0.4, -0.2) is 23.0 Å². The van der Waals surface area contributed by atoms with Gasteiger partial charge < -0.3 is 15.2 Å². The van der Waals surface area contributed by atoms with Gasteiger partial charge >= 0.3 is 0 Å². The highest BCUT2D eigenvalue weighted by atomic mass is 19.1. The number of alkyl halides is 1. The predicted octanol–water partition coefficient (Wildman–Crippen LogP) is 2.47. The fraction of sp³-hybridized carbons (Fsp3) is 0.357. The van der Waals surface area contributed by atoms with Crippen molar-refractivity contribution in [3.05, 3.63) is 23.8 Å². The maximum Gasteiger partial charge on any atom is 0.170 e. The average Bonchev–Trinajstić information content (AvgIpc) is 2.77. The predicted molar refractivity (Wildman–Crippen MR) is 73.6 cm³/mol. The number of nitrogens with zero attached hydrogens (tertiary/aromatic N) is 2. The minimum absolute atomic E-state index is 0.459. The van der Waals surface area contributed by atoms with Gasteiger partial charge in [-0.3, -0.25) is 4.68 Å². The second kappa shape index (κ2) is 4.70. The van der Waals surface area contributed by atoms with Crippen molar-refractivity contribution in [2.45, 2.75) is 13.1 Å². The molecule has 0 saturated heterocycles. The van der Waals surface area contributed by atoms with Gasteiger partial charge in [0.25, 0.3) is 0 Å². The van der Waals surface area contributed by atoms with Crippen molar-refractivity contribution in [1.29, 1.82) is 0 Å². The fourth-order valence-electron chi connectivity index (χ4n) is 2.21. The Bertz CT molecular complexity index is 633. The number of aromatic nitrogens is 2. The van der Waals surface area contributed by atoms with Crippen molar-refractivity contribution in [2.75, 3.05) is 18.9 Å². The molecule has 3 rings (SSSR count). The molecule has 0 aliphatic carbocycles. The zero-order valence-electron chi connectivity index (χ0n) is 11.4. The summed E-state index contributed by atoms with van der Waals surface area (Å²) in [6.07, 6.45) is -1.09. The molecule has 2 N–H and O–H groups in total. The van der Waals surface area contributed by atoms with Crippen LogP contribution in [0.3, 0.4) is 0 Å². The second-order valence-electron chi connectivity index (χ2n) is 4.79. The molecule has 0 saturated carbocycles. The first-order valence-electron chi connectivity index (χ1n) is 6.43. The second-order valence-corrected chi connectivity index (χ2v) is 4.79. The van der Waals surface area contributed by atoms with Crippen molar-refractivity contribution in [1.82, 2.24) is 9.78 Å². The molecule has 1 atom stereocenters. The number of fused-ring (bicyclic) bond motifs is 1. The third-order valence-electron chi connectivity index (χ3n) is 3.32. The number of hydrogen-bond donors (Lipinski definition) is 1. The Labute approximate surface area is 116 Å². The van der Waals surface area contributed by atoms with E-state index in [1.807, 2.05) is 0 Å². The number of nitrogen functional groups attached to an aromatic ring is 1. The van der Waals surface area contributed by atoms with Gasteiger partial charge in [0.15, 0.2) is 11.5 Å². The molecule has 0 spiro atoms. The lowest BCUT2D eigenvalue weighted by atomic mass is 10.0. The maximum atomic E-state index is 13.6. The minimum Gasteiger partial charge on any atom is -0.486 e. The van der Waals surface area contributed by atoms with Crippen molar-refractivity contribution in [3.63, 3.8) is 0 Å². The molecule has 0 radical (unpaired) electrons. The molecule has 5 nitrogen and oxygen atoms in total. The maximum absolute atomic E-state index is 13.6. The molecular weight excluding hydrogens is 261 g/mol. The largest absolute Gasteiger partial charge is 0.486 e. The number of anilines is 1. The Kier molecular flexibility index (Phi) is 3.00. The summed E-state index contributed by atoms with van der Waals surface area (Å²) >= 11 is 0. The van der Waals surface area contributed by atoms with Crippen LogP contribution >= 0.6 is 0 Å². The summed E-state index contributed by atoms with van der Waals surface area (Å²) in [5, 5.41) is 4.32. The van der Waals surface area contributed by atoms with Gasteiger partial charge in [-0.1, -0.05) is 0 Å². The van der Waals surface area contributed by atoms with E-state index in [2.05, 4.69) is 5.10 Å². The Morgan fingerprint density at radius 3 is 2.70 bits per heavy atom. The summed E-state index contributed by atoms with van der Waals surface area (Å²) in [4.78, 5) is 0. The van der Waals surface area contributed by atoms with Crippen molar-refractivity contribution in [2.24, 2.45) is 7.05 Å². The molecule has 1 aliphatic heterocycles. The molecule has 20 heavy (non-hydrogen) atoms. The molecule has 0 fully saturated rings. The van der Waals surface area contributed by atoms with Gasteiger partial charge in [0, 0.05) is 18.7 Å². The van der Waals surface area contributed by atoms with Crippen LogP contribution in [0.15, 0.2) is 18.2 Å². The molecule has 6 heteroatoms. The zero-order chi connectivity index (χ0) is 14.3. The van der Waals surface area contributed by atoms with E-state index in [9.17, 15) is 4.39 Å². The number of halogens is 1. The van der Waals surface area contributed by atoms with Gasteiger partial charge in [-0.05, 0) is 24.6 Å². The molecule has 1 unspecified atom stereocenters. The molecular formula is C14H16FN3O2. The van der Waals surface area contributed by atoms with Crippen LogP contribution in [0.1, 0.15) is 18.7 Å². The Morgan fingerprint density at radius 2 is 2.05 bits per heavy atom. The molecule has 2 heterocycles. The third kappa shape index (κ3) is 2.07. The Balaban J connectivity index is 2.19. The highest BCUT2D eigenvalue weighted by Gasteiger charge is 2.22. The lowest BCUT2D eigenvalue weighted by molar-refractivity contribution is 0.172. The van der Waals surface area contributed by atoms with Crippen molar-refractivity contribution < 1.29 is 13.9 Å². The fourth-order valence-corrected chi connectivity index (χ4v) is 2.21. The van der Waals surface area contributed by atoms with E-state index in [4.69, 9.17) is 15.2 Å². The van der Waals surface area contributed by atoms with Crippen LogP contribution < -0.4 is 15.2 Å².